The molecular formula is C22H26ClF2NO4. The standard InChI is InChI=1S/C22H25F2NO4.ClH/c23-15-3-7-19-13(9-15)1-5-21(28-19)17(26)11-25-12-18(27)22-6-2-14-10-16(24)4-8-20(14)29-22;/h3-4,7-10,17-18,21-22,25-27H,1-2,5-6,11-12H2;1H/t17-,18-,21+,22?;/m0./s1. The second kappa shape index (κ2) is 9.92. The highest BCUT2D eigenvalue weighted by Crippen LogP contribution is 2.30. The quantitative estimate of drug-likeness (QED) is 0.643. The molecule has 0 saturated heterocycles. The molecule has 0 spiro atoms. The van der Waals surface area contributed by atoms with Gasteiger partial charge < -0.3 is 25.0 Å². The summed E-state index contributed by atoms with van der Waals surface area (Å²) in [5.74, 6) is 0.624. The molecule has 2 aromatic rings. The summed E-state index contributed by atoms with van der Waals surface area (Å²) in [5.41, 5.74) is 1.62. The first-order valence-corrected chi connectivity index (χ1v) is 9.96. The molecule has 4 atom stereocenters. The Morgan fingerprint density at radius 3 is 1.70 bits per heavy atom. The van der Waals surface area contributed by atoms with Crippen molar-refractivity contribution in [2.24, 2.45) is 0 Å². The second-order valence-electron chi connectivity index (χ2n) is 7.69. The van der Waals surface area contributed by atoms with Crippen LogP contribution in [0.2, 0.25) is 0 Å². The van der Waals surface area contributed by atoms with Crippen LogP contribution in [0.4, 0.5) is 8.78 Å². The van der Waals surface area contributed by atoms with E-state index in [0.29, 0.717) is 37.2 Å². The first-order valence-electron chi connectivity index (χ1n) is 9.96. The highest BCUT2D eigenvalue weighted by Gasteiger charge is 2.29. The Bertz CT molecular complexity index is 800. The lowest BCUT2D eigenvalue weighted by molar-refractivity contribution is 0.00892. The number of ether oxygens (including phenoxy) is 2. The van der Waals surface area contributed by atoms with E-state index in [4.69, 9.17) is 9.47 Å². The number of aliphatic hydroxyl groups excluding tert-OH is 2. The molecule has 0 radical (unpaired) electrons. The van der Waals surface area contributed by atoms with E-state index < -0.39 is 12.2 Å². The van der Waals surface area contributed by atoms with Gasteiger partial charge in [0.1, 0.15) is 47.5 Å². The van der Waals surface area contributed by atoms with E-state index in [1.54, 1.807) is 12.1 Å². The lowest BCUT2D eigenvalue weighted by Gasteiger charge is -2.31. The highest BCUT2D eigenvalue weighted by atomic mass is 35.5. The summed E-state index contributed by atoms with van der Waals surface area (Å²) < 4.78 is 38.2. The number of nitrogens with one attached hydrogen (secondary N) is 1. The van der Waals surface area contributed by atoms with Crippen molar-refractivity contribution in [3.63, 3.8) is 0 Å². The normalized spacial score (nSPS) is 21.9. The maximum Gasteiger partial charge on any atom is 0.126 e. The Morgan fingerprint density at radius 1 is 0.833 bits per heavy atom. The first-order chi connectivity index (χ1) is 14.0. The second-order valence-corrected chi connectivity index (χ2v) is 7.69. The molecule has 0 amide bonds. The topological polar surface area (TPSA) is 71.0 Å². The smallest absolute Gasteiger partial charge is 0.126 e. The monoisotopic (exact) mass is 441 g/mol. The van der Waals surface area contributed by atoms with E-state index >= 15 is 0 Å². The van der Waals surface area contributed by atoms with Crippen LogP contribution < -0.4 is 14.8 Å². The van der Waals surface area contributed by atoms with Gasteiger partial charge in [-0.15, -0.1) is 12.4 Å². The van der Waals surface area contributed by atoms with Crippen LogP contribution in [0.5, 0.6) is 11.5 Å². The zero-order chi connectivity index (χ0) is 20.4. The van der Waals surface area contributed by atoms with Gasteiger partial charge in [0, 0.05) is 13.1 Å². The molecule has 2 heterocycles. The van der Waals surface area contributed by atoms with E-state index in [9.17, 15) is 19.0 Å². The molecule has 0 aliphatic carbocycles. The van der Waals surface area contributed by atoms with Crippen LogP contribution in [0, 0.1) is 11.6 Å². The SMILES string of the molecule is Cl.O[C@@H](CNC[C@H](O)[C@H]1CCc2cc(F)ccc2O1)C1CCc2cc(F)ccc2O1. The van der Waals surface area contributed by atoms with Crippen LogP contribution in [0.3, 0.4) is 0 Å². The van der Waals surface area contributed by atoms with E-state index in [-0.39, 0.29) is 49.3 Å². The Hall–Kier alpha value is -1.93. The van der Waals surface area contributed by atoms with Gasteiger partial charge in [-0.3, -0.25) is 0 Å². The lowest BCUT2D eigenvalue weighted by Crippen LogP contribution is -2.46. The van der Waals surface area contributed by atoms with Gasteiger partial charge in [0.25, 0.3) is 0 Å². The van der Waals surface area contributed by atoms with Crippen LogP contribution >= 0.6 is 12.4 Å². The summed E-state index contributed by atoms with van der Waals surface area (Å²) in [5, 5.41) is 23.9. The van der Waals surface area contributed by atoms with E-state index in [1.165, 1.54) is 24.3 Å². The van der Waals surface area contributed by atoms with Gasteiger partial charge in [-0.2, -0.15) is 0 Å². The third-order valence-corrected chi connectivity index (χ3v) is 5.56. The Balaban J connectivity index is 0.00000256. The molecule has 8 heteroatoms. The average molecular weight is 442 g/mol. The van der Waals surface area contributed by atoms with Gasteiger partial charge >= 0.3 is 0 Å². The summed E-state index contributed by atoms with van der Waals surface area (Å²) in [6.45, 7) is 0.513. The number of hydrogen-bond donors (Lipinski definition) is 3. The minimum absolute atomic E-state index is 0. The maximum absolute atomic E-state index is 13.3. The van der Waals surface area contributed by atoms with Crippen LogP contribution in [0.25, 0.3) is 0 Å². The summed E-state index contributed by atoms with van der Waals surface area (Å²) in [6, 6.07) is 8.79. The van der Waals surface area contributed by atoms with Gasteiger partial charge in [-0.25, -0.2) is 8.78 Å². The molecule has 164 valence electrons. The number of hydrogen-bond acceptors (Lipinski definition) is 5. The molecule has 30 heavy (non-hydrogen) atoms. The molecule has 0 bridgehead atoms. The molecule has 1 unspecified atom stereocenters. The molecule has 5 nitrogen and oxygen atoms in total. The minimum atomic E-state index is -0.753. The number of aliphatic hydroxyl groups is 2. The molecule has 2 aliphatic rings. The summed E-state index contributed by atoms with van der Waals surface area (Å²) >= 11 is 0. The minimum Gasteiger partial charge on any atom is -0.487 e. The van der Waals surface area contributed by atoms with E-state index in [0.717, 1.165) is 11.1 Å². The van der Waals surface area contributed by atoms with Crippen molar-refractivity contribution in [2.45, 2.75) is 50.1 Å². The molecular weight excluding hydrogens is 416 g/mol. The van der Waals surface area contributed by atoms with Gasteiger partial charge in [-0.1, -0.05) is 0 Å². The molecule has 0 aromatic heterocycles. The van der Waals surface area contributed by atoms with Crippen molar-refractivity contribution in [2.75, 3.05) is 13.1 Å². The van der Waals surface area contributed by atoms with E-state index in [2.05, 4.69) is 5.32 Å². The lowest BCUT2D eigenvalue weighted by atomic mass is 9.98. The Morgan fingerprint density at radius 2 is 1.27 bits per heavy atom. The van der Waals surface area contributed by atoms with Crippen LogP contribution in [-0.4, -0.2) is 47.7 Å². The number of halogens is 3. The molecule has 3 N–H and O–H groups in total. The zero-order valence-corrected chi connectivity index (χ0v) is 17.2. The Kier molecular flexibility index (Phi) is 7.52. The zero-order valence-electron chi connectivity index (χ0n) is 16.4. The molecule has 2 aromatic carbocycles. The van der Waals surface area contributed by atoms with Gasteiger partial charge in [0.2, 0.25) is 0 Å². The summed E-state index contributed by atoms with van der Waals surface area (Å²) in [4.78, 5) is 0. The average Bonchev–Trinajstić information content (AvgIpc) is 2.72. The predicted octanol–water partition coefficient (Wildman–Crippen LogP) is 2.79. The van der Waals surface area contributed by atoms with Crippen molar-refractivity contribution >= 4 is 12.4 Å². The molecule has 0 fully saturated rings. The summed E-state index contributed by atoms with van der Waals surface area (Å²) in [7, 11) is 0. The van der Waals surface area contributed by atoms with Crippen molar-refractivity contribution < 1.29 is 28.5 Å². The van der Waals surface area contributed by atoms with Gasteiger partial charge in [-0.05, 0) is 73.2 Å². The number of fused-ring (bicyclic) bond motifs is 2. The van der Waals surface area contributed by atoms with Crippen LogP contribution in [0.15, 0.2) is 36.4 Å². The van der Waals surface area contributed by atoms with Crippen molar-refractivity contribution in [1.82, 2.24) is 5.32 Å². The van der Waals surface area contributed by atoms with Crippen LogP contribution in [0.1, 0.15) is 24.0 Å². The fourth-order valence-electron chi connectivity index (χ4n) is 3.94. The third kappa shape index (κ3) is 5.21. The number of benzene rings is 2. The maximum atomic E-state index is 13.3. The van der Waals surface area contributed by atoms with Crippen molar-refractivity contribution in [1.29, 1.82) is 0 Å². The highest BCUT2D eigenvalue weighted by molar-refractivity contribution is 5.85. The first kappa shape index (κ1) is 22.7. The molecule has 0 saturated carbocycles. The summed E-state index contributed by atoms with van der Waals surface area (Å²) in [6.07, 6.45) is 0.214. The molecule has 4 rings (SSSR count). The predicted molar refractivity (Wildman–Crippen MR) is 110 cm³/mol. The van der Waals surface area contributed by atoms with Crippen molar-refractivity contribution in [3.8, 4) is 11.5 Å². The third-order valence-electron chi connectivity index (χ3n) is 5.56. The van der Waals surface area contributed by atoms with Gasteiger partial charge in [0.15, 0.2) is 0 Å². The van der Waals surface area contributed by atoms with Crippen LogP contribution in [-0.2, 0) is 12.8 Å². The Labute approximate surface area is 180 Å². The van der Waals surface area contributed by atoms with Gasteiger partial charge in [0.05, 0.1) is 0 Å². The van der Waals surface area contributed by atoms with Crippen molar-refractivity contribution in [3.05, 3.63) is 59.2 Å². The van der Waals surface area contributed by atoms with E-state index in [1.807, 2.05) is 0 Å². The number of aryl methyl sites for hydroxylation is 2. The largest absolute Gasteiger partial charge is 0.487 e. The fourth-order valence-corrected chi connectivity index (χ4v) is 3.94. The fraction of sp³-hybridized carbons (Fsp3) is 0.455. The number of rotatable bonds is 6. The molecule has 2 aliphatic heterocycles.